The van der Waals surface area contributed by atoms with Crippen molar-refractivity contribution in [2.75, 3.05) is 20.6 Å². The van der Waals surface area contributed by atoms with E-state index in [2.05, 4.69) is 24.3 Å². The minimum atomic E-state index is -0.997. The quantitative estimate of drug-likeness (QED) is 0.867. The van der Waals surface area contributed by atoms with E-state index in [1.165, 1.54) is 19.3 Å². The second-order valence-corrected chi connectivity index (χ2v) is 6.93. The molecule has 1 fully saturated rings. The van der Waals surface area contributed by atoms with E-state index in [1.54, 1.807) is 6.92 Å². The molecule has 5 heteroatoms. The monoisotopic (exact) mass is 339 g/mol. The van der Waals surface area contributed by atoms with Crippen LogP contribution in [0.25, 0.3) is 0 Å². The molecule has 0 bridgehead atoms. The van der Waals surface area contributed by atoms with Crippen molar-refractivity contribution in [3.63, 3.8) is 0 Å². The van der Waals surface area contributed by atoms with Gasteiger partial charge in [0.25, 0.3) is 0 Å². The number of nitrogens with one attached hydrogen (secondary N) is 1. The summed E-state index contributed by atoms with van der Waals surface area (Å²) in [5.41, 5.74) is 6.21. The molecule has 0 heterocycles. The molecule has 0 aromatic heterocycles. The third kappa shape index (κ3) is 4.46. The van der Waals surface area contributed by atoms with Crippen LogP contribution in [0.4, 0.5) is 0 Å². The van der Waals surface area contributed by atoms with E-state index < -0.39 is 5.54 Å². The van der Waals surface area contributed by atoms with Gasteiger partial charge < -0.3 is 16.0 Å². The van der Waals surface area contributed by atoms with Crippen molar-refractivity contribution in [1.82, 2.24) is 10.2 Å². The summed E-state index contributed by atoms with van der Waals surface area (Å²) in [6.45, 7) is 2.44. The summed E-state index contributed by atoms with van der Waals surface area (Å²) in [5.74, 6) is -0.106. The number of amides is 1. The minimum Gasteiger partial charge on any atom is -0.352 e. The van der Waals surface area contributed by atoms with Crippen LogP contribution in [0.2, 0.25) is 0 Å². The largest absolute Gasteiger partial charge is 0.352 e. The van der Waals surface area contributed by atoms with Crippen LogP contribution in [0.3, 0.4) is 0 Å². The van der Waals surface area contributed by atoms with Gasteiger partial charge in [0.15, 0.2) is 0 Å². The third-order valence-corrected chi connectivity index (χ3v) is 5.16. The number of hydrogen-bond acceptors (Lipinski definition) is 3. The second-order valence-electron chi connectivity index (χ2n) is 6.93. The highest BCUT2D eigenvalue weighted by Crippen LogP contribution is 2.31. The Balaban J connectivity index is 0.00000264. The Bertz CT molecular complexity index is 496. The highest BCUT2D eigenvalue weighted by molar-refractivity contribution is 5.87. The van der Waals surface area contributed by atoms with Crippen LogP contribution in [0, 0.1) is 0 Å². The lowest BCUT2D eigenvalue weighted by Gasteiger charge is -2.43. The number of carbonyl (C=O) groups excluding carboxylic acids is 1. The van der Waals surface area contributed by atoms with Gasteiger partial charge in [0.05, 0.1) is 0 Å². The highest BCUT2D eigenvalue weighted by Gasteiger charge is 2.37. The minimum absolute atomic E-state index is 0. The maximum absolute atomic E-state index is 12.6. The fourth-order valence-corrected chi connectivity index (χ4v) is 3.34. The molecule has 0 spiro atoms. The molecule has 0 aliphatic heterocycles. The van der Waals surface area contributed by atoms with Crippen molar-refractivity contribution in [3.05, 3.63) is 35.9 Å². The van der Waals surface area contributed by atoms with Crippen LogP contribution in [-0.4, -0.2) is 37.0 Å². The summed E-state index contributed by atoms with van der Waals surface area (Å²) in [6, 6.07) is 9.57. The summed E-state index contributed by atoms with van der Waals surface area (Å²) < 4.78 is 0. The number of benzene rings is 1. The van der Waals surface area contributed by atoms with Crippen molar-refractivity contribution in [2.24, 2.45) is 5.73 Å². The molecule has 0 saturated heterocycles. The predicted octanol–water partition coefficient (Wildman–Crippen LogP) is 2.66. The highest BCUT2D eigenvalue weighted by atomic mass is 35.5. The fraction of sp³-hybridized carbons (Fsp3) is 0.611. The fourth-order valence-electron chi connectivity index (χ4n) is 3.34. The Morgan fingerprint density at radius 3 is 2.30 bits per heavy atom. The van der Waals surface area contributed by atoms with Gasteiger partial charge in [-0.05, 0) is 39.4 Å². The van der Waals surface area contributed by atoms with E-state index in [0.717, 1.165) is 18.4 Å². The molecular weight excluding hydrogens is 310 g/mol. The number of likely N-dealkylation sites (N-methyl/N-ethyl adjacent to an activating group) is 1. The maximum Gasteiger partial charge on any atom is 0.244 e. The van der Waals surface area contributed by atoms with E-state index in [1.807, 2.05) is 30.3 Å². The maximum atomic E-state index is 12.6. The number of nitrogens with zero attached hydrogens (tertiary/aromatic N) is 1. The molecular formula is C18H30ClN3O. The first-order valence-electron chi connectivity index (χ1n) is 8.19. The number of carbonyl (C=O) groups is 1. The van der Waals surface area contributed by atoms with Crippen molar-refractivity contribution in [2.45, 2.75) is 50.1 Å². The first-order chi connectivity index (χ1) is 10.4. The standard InChI is InChI=1S/C18H29N3O.ClH/c1-17(19,15-10-6-4-7-11-15)16(22)20-14-18(21(2)3)12-8-5-9-13-18;/h4,6-7,10-11H,5,8-9,12-14,19H2,1-3H3,(H,20,22);1H. The van der Waals surface area contributed by atoms with Gasteiger partial charge in [-0.2, -0.15) is 0 Å². The summed E-state index contributed by atoms with van der Waals surface area (Å²) in [5, 5.41) is 3.11. The molecule has 0 radical (unpaired) electrons. The van der Waals surface area contributed by atoms with Gasteiger partial charge >= 0.3 is 0 Å². The van der Waals surface area contributed by atoms with Gasteiger partial charge in [-0.15, -0.1) is 12.4 Å². The SMILES string of the molecule is CN(C)C1(CNC(=O)C(C)(N)c2ccccc2)CCCCC1.Cl. The number of nitrogens with two attached hydrogens (primary N) is 1. The van der Waals surface area contributed by atoms with Crippen LogP contribution in [0.15, 0.2) is 30.3 Å². The second kappa shape index (κ2) is 8.13. The van der Waals surface area contributed by atoms with Gasteiger partial charge in [-0.25, -0.2) is 0 Å². The van der Waals surface area contributed by atoms with Gasteiger partial charge in [0, 0.05) is 12.1 Å². The molecule has 1 aliphatic rings. The van der Waals surface area contributed by atoms with Crippen LogP contribution in [-0.2, 0) is 10.3 Å². The summed E-state index contributed by atoms with van der Waals surface area (Å²) in [4.78, 5) is 14.9. The lowest BCUT2D eigenvalue weighted by atomic mass is 9.80. The zero-order valence-electron chi connectivity index (χ0n) is 14.5. The normalized spacial score (nSPS) is 19.5. The molecule has 130 valence electrons. The molecule has 1 aromatic carbocycles. The van der Waals surface area contributed by atoms with Crippen LogP contribution in [0.5, 0.6) is 0 Å². The smallest absolute Gasteiger partial charge is 0.244 e. The van der Waals surface area contributed by atoms with E-state index in [4.69, 9.17) is 5.73 Å². The van der Waals surface area contributed by atoms with E-state index in [9.17, 15) is 4.79 Å². The van der Waals surface area contributed by atoms with E-state index >= 15 is 0 Å². The molecule has 1 saturated carbocycles. The Morgan fingerprint density at radius 1 is 1.22 bits per heavy atom. The molecule has 1 aliphatic carbocycles. The number of hydrogen-bond donors (Lipinski definition) is 2. The van der Waals surface area contributed by atoms with Crippen molar-refractivity contribution < 1.29 is 4.79 Å². The van der Waals surface area contributed by atoms with Crippen LogP contribution in [0.1, 0.15) is 44.6 Å². The Morgan fingerprint density at radius 2 is 1.78 bits per heavy atom. The molecule has 1 unspecified atom stereocenters. The molecule has 1 amide bonds. The van der Waals surface area contributed by atoms with Crippen molar-refractivity contribution >= 4 is 18.3 Å². The first kappa shape index (κ1) is 19.9. The van der Waals surface area contributed by atoms with Crippen LogP contribution >= 0.6 is 12.4 Å². The van der Waals surface area contributed by atoms with Gasteiger partial charge in [0.1, 0.15) is 5.54 Å². The molecule has 4 nitrogen and oxygen atoms in total. The molecule has 1 aromatic rings. The third-order valence-electron chi connectivity index (χ3n) is 5.16. The molecule has 1 atom stereocenters. The van der Waals surface area contributed by atoms with Gasteiger partial charge in [-0.1, -0.05) is 49.6 Å². The Hall–Kier alpha value is -1.10. The molecule has 23 heavy (non-hydrogen) atoms. The summed E-state index contributed by atoms with van der Waals surface area (Å²) in [7, 11) is 4.21. The lowest BCUT2D eigenvalue weighted by Crippen LogP contribution is -2.57. The van der Waals surface area contributed by atoms with Crippen molar-refractivity contribution in [3.8, 4) is 0 Å². The molecule has 2 rings (SSSR count). The summed E-state index contributed by atoms with van der Waals surface area (Å²) >= 11 is 0. The van der Waals surface area contributed by atoms with E-state index in [0.29, 0.717) is 6.54 Å². The lowest BCUT2D eigenvalue weighted by molar-refractivity contribution is -0.126. The van der Waals surface area contributed by atoms with Crippen molar-refractivity contribution in [1.29, 1.82) is 0 Å². The van der Waals surface area contributed by atoms with E-state index in [-0.39, 0.29) is 23.9 Å². The topological polar surface area (TPSA) is 58.4 Å². The Labute approximate surface area is 146 Å². The number of halogens is 1. The summed E-state index contributed by atoms with van der Waals surface area (Å²) in [6.07, 6.45) is 6.02. The zero-order valence-corrected chi connectivity index (χ0v) is 15.3. The molecule has 3 N–H and O–H groups in total. The predicted molar refractivity (Wildman–Crippen MR) is 97.7 cm³/mol. The first-order valence-corrected chi connectivity index (χ1v) is 8.19. The Kier molecular flexibility index (Phi) is 7.05. The van der Waals surface area contributed by atoms with Gasteiger partial charge in [0.2, 0.25) is 5.91 Å². The number of rotatable bonds is 5. The average molecular weight is 340 g/mol. The van der Waals surface area contributed by atoms with Crippen LogP contribution < -0.4 is 11.1 Å². The van der Waals surface area contributed by atoms with Gasteiger partial charge in [-0.3, -0.25) is 4.79 Å². The zero-order chi connectivity index (χ0) is 16.2. The average Bonchev–Trinajstić information content (AvgIpc) is 2.54.